The summed E-state index contributed by atoms with van der Waals surface area (Å²) in [5, 5.41) is 0.971. The molecule has 0 radical (unpaired) electrons. The number of hydrogen-bond acceptors (Lipinski definition) is 3. The van der Waals surface area contributed by atoms with E-state index < -0.39 is 5.92 Å². The Morgan fingerprint density at radius 3 is 2.25 bits per heavy atom. The number of esters is 1. The zero-order valence-electron chi connectivity index (χ0n) is 15.9. The van der Waals surface area contributed by atoms with Crippen LogP contribution in [0.2, 0.25) is 0 Å². The van der Waals surface area contributed by atoms with Crippen LogP contribution in [-0.2, 0) is 9.53 Å². The van der Waals surface area contributed by atoms with Crippen molar-refractivity contribution in [2.24, 2.45) is 0 Å². The van der Waals surface area contributed by atoms with Gasteiger partial charge < -0.3 is 4.74 Å². The SMILES string of the molecule is COC(=O)C(c1ccccc1)c1cc(-c2ccccc2)nc2ccc(C)cc12. The Labute approximate surface area is 164 Å². The Balaban J connectivity index is 2.02. The molecule has 0 aliphatic heterocycles. The van der Waals surface area contributed by atoms with Crippen LogP contribution in [0, 0.1) is 6.92 Å². The number of ether oxygens (including phenoxy) is 1. The fourth-order valence-electron chi connectivity index (χ4n) is 3.57. The fourth-order valence-corrected chi connectivity index (χ4v) is 3.57. The van der Waals surface area contributed by atoms with Crippen LogP contribution >= 0.6 is 0 Å². The lowest BCUT2D eigenvalue weighted by Gasteiger charge is -2.19. The second-order valence-electron chi connectivity index (χ2n) is 6.85. The molecule has 0 spiro atoms. The lowest BCUT2D eigenvalue weighted by Crippen LogP contribution is -2.16. The molecule has 1 unspecified atom stereocenters. The van der Waals surface area contributed by atoms with E-state index in [1.54, 1.807) is 0 Å². The number of aryl methyl sites for hydroxylation is 1. The molecular formula is C25H21NO2. The summed E-state index contributed by atoms with van der Waals surface area (Å²) < 4.78 is 5.19. The molecule has 0 bridgehead atoms. The Morgan fingerprint density at radius 1 is 0.893 bits per heavy atom. The van der Waals surface area contributed by atoms with E-state index in [-0.39, 0.29) is 5.97 Å². The van der Waals surface area contributed by atoms with Gasteiger partial charge in [0.2, 0.25) is 0 Å². The standard InChI is InChI=1S/C25H21NO2/c1-17-13-14-22-20(15-17)21(16-23(26-22)18-9-5-3-6-10-18)24(25(27)28-2)19-11-7-4-8-12-19/h3-16,24H,1-2H3. The lowest BCUT2D eigenvalue weighted by molar-refractivity contribution is -0.141. The number of carbonyl (C=O) groups excluding carboxylic acids is 1. The molecule has 138 valence electrons. The van der Waals surface area contributed by atoms with Gasteiger partial charge in [-0.25, -0.2) is 4.98 Å². The number of hydrogen-bond donors (Lipinski definition) is 0. The summed E-state index contributed by atoms with van der Waals surface area (Å²) in [5.74, 6) is -0.791. The number of aromatic nitrogens is 1. The van der Waals surface area contributed by atoms with Crippen molar-refractivity contribution in [2.45, 2.75) is 12.8 Å². The summed E-state index contributed by atoms with van der Waals surface area (Å²) in [6.45, 7) is 2.05. The summed E-state index contributed by atoms with van der Waals surface area (Å²) in [6.07, 6.45) is 0. The molecule has 0 saturated heterocycles. The highest BCUT2D eigenvalue weighted by Gasteiger charge is 2.26. The molecule has 4 aromatic rings. The molecule has 1 atom stereocenters. The third kappa shape index (κ3) is 3.39. The van der Waals surface area contributed by atoms with E-state index in [2.05, 4.69) is 6.07 Å². The second kappa shape index (κ2) is 7.65. The maximum absolute atomic E-state index is 12.8. The monoisotopic (exact) mass is 367 g/mol. The van der Waals surface area contributed by atoms with E-state index >= 15 is 0 Å². The first kappa shape index (κ1) is 17.9. The number of pyridine rings is 1. The quantitative estimate of drug-likeness (QED) is 0.446. The minimum Gasteiger partial charge on any atom is -0.468 e. The van der Waals surface area contributed by atoms with Crippen molar-refractivity contribution in [3.63, 3.8) is 0 Å². The maximum Gasteiger partial charge on any atom is 0.317 e. The highest BCUT2D eigenvalue weighted by Crippen LogP contribution is 2.34. The molecule has 0 aliphatic carbocycles. The van der Waals surface area contributed by atoms with Crippen LogP contribution in [0.15, 0.2) is 84.9 Å². The number of rotatable bonds is 4. The molecule has 0 N–H and O–H groups in total. The van der Waals surface area contributed by atoms with Crippen LogP contribution < -0.4 is 0 Å². The van der Waals surface area contributed by atoms with Crippen LogP contribution in [0.1, 0.15) is 22.6 Å². The molecule has 0 amide bonds. The van der Waals surface area contributed by atoms with Crippen LogP contribution in [0.25, 0.3) is 22.2 Å². The number of carbonyl (C=O) groups is 1. The molecule has 3 nitrogen and oxygen atoms in total. The summed E-state index contributed by atoms with van der Waals surface area (Å²) in [7, 11) is 1.44. The topological polar surface area (TPSA) is 39.2 Å². The van der Waals surface area contributed by atoms with Gasteiger partial charge in [0, 0.05) is 10.9 Å². The first-order valence-corrected chi connectivity index (χ1v) is 9.27. The van der Waals surface area contributed by atoms with E-state index in [4.69, 9.17) is 9.72 Å². The third-order valence-electron chi connectivity index (χ3n) is 4.95. The van der Waals surface area contributed by atoms with Gasteiger partial charge in [0.1, 0.15) is 5.92 Å². The fraction of sp³-hybridized carbons (Fsp3) is 0.120. The van der Waals surface area contributed by atoms with Gasteiger partial charge in [0.05, 0.1) is 18.3 Å². The van der Waals surface area contributed by atoms with Crippen molar-refractivity contribution in [1.82, 2.24) is 4.98 Å². The first-order valence-electron chi connectivity index (χ1n) is 9.27. The first-order chi connectivity index (χ1) is 13.7. The van der Waals surface area contributed by atoms with Crippen LogP contribution in [-0.4, -0.2) is 18.1 Å². The highest BCUT2D eigenvalue weighted by atomic mass is 16.5. The molecule has 0 aliphatic rings. The third-order valence-corrected chi connectivity index (χ3v) is 4.95. The molecule has 28 heavy (non-hydrogen) atoms. The molecular weight excluding hydrogens is 346 g/mol. The average Bonchev–Trinajstić information content (AvgIpc) is 2.75. The summed E-state index contributed by atoms with van der Waals surface area (Å²) in [5.41, 5.74) is 5.67. The second-order valence-corrected chi connectivity index (χ2v) is 6.85. The molecule has 0 saturated carbocycles. The number of methoxy groups -OCH3 is 1. The van der Waals surface area contributed by atoms with Crippen molar-refractivity contribution in [3.05, 3.63) is 102 Å². The number of nitrogens with zero attached hydrogens (tertiary/aromatic N) is 1. The largest absolute Gasteiger partial charge is 0.468 e. The molecule has 4 rings (SSSR count). The summed E-state index contributed by atoms with van der Waals surface area (Å²) in [4.78, 5) is 17.7. The van der Waals surface area contributed by atoms with Gasteiger partial charge in [-0.1, -0.05) is 72.3 Å². The van der Waals surface area contributed by atoms with Gasteiger partial charge in [-0.3, -0.25) is 4.79 Å². The summed E-state index contributed by atoms with van der Waals surface area (Å²) in [6, 6.07) is 28.0. The van der Waals surface area contributed by atoms with Crippen LogP contribution in [0.3, 0.4) is 0 Å². The number of benzene rings is 3. The predicted octanol–water partition coefficient (Wildman–Crippen LogP) is 5.52. The van der Waals surface area contributed by atoms with Crippen LogP contribution in [0.5, 0.6) is 0 Å². The number of fused-ring (bicyclic) bond motifs is 1. The highest BCUT2D eigenvalue weighted by molar-refractivity contribution is 5.93. The van der Waals surface area contributed by atoms with E-state index in [1.807, 2.05) is 85.8 Å². The van der Waals surface area contributed by atoms with E-state index in [0.29, 0.717) is 0 Å². The molecule has 1 aromatic heterocycles. The predicted molar refractivity (Wildman–Crippen MR) is 112 cm³/mol. The Bertz CT molecular complexity index is 1120. The zero-order valence-corrected chi connectivity index (χ0v) is 15.9. The van der Waals surface area contributed by atoms with Gasteiger partial charge in [0.15, 0.2) is 0 Å². The van der Waals surface area contributed by atoms with Gasteiger partial charge in [0.25, 0.3) is 0 Å². The average molecular weight is 367 g/mol. The zero-order chi connectivity index (χ0) is 19.5. The molecule has 1 heterocycles. The Hall–Kier alpha value is -3.46. The molecule has 3 heteroatoms. The minimum absolute atomic E-state index is 0.279. The van der Waals surface area contributed by atoms with Crippen LogP contribution in [0.4, 0.5) is 0 Å². The smallest absolute Gasteiger partial charge is 0.317 e. The lowest BCUT2D eigenvalue weighted by atomic mass is 9.87. The minimum atomic E-state index is -0.513. The van der Waals surface area contributed by atoms with E-state index in [1.165, 1.54) is 7.11 Å². The van der Waals surface area contributed by atoms with Gasteiger partial charge in [-0.15, -0.1) is 0 Å². The molecule has 0 fully saturated rings. The van der Waals surface area contributed by atoms with Crippen molar-refractivity contribution in [2.75, 3.05) is 7.11 Å². The van der Waals surface area contributed by atoms with Crippen molar-refractivity contribution in [3.8, 4) is 11.3 Å². The molecule has 3 aromatic carbocycles. The normalized spacial score (nSPS) is 11.9. The summed E-state index contributed by atoms with van der Waals surface area (Å²) >= 11 is 0. The van der Waals surface area contributed by atoms with Crippen molar-refractivity contribution >= 4 is 16.9 Å². The van der Waals surface area contributed by atoms with Crippen molar-refractivity contribution < 1.29 is 9.53 Å². The Morgan fingerprint density at radius 2 is 1.57 bits per heavy atom. The van der Waals surface area contributed by atoms with E-state index in [9.17, 15) is 4.79 Å². The van der Waals surface area contributed by atoms with Gasteiger partial charge in [-0.05, 0) is 36.2 Å². The maximum atomic E-state index is 12.8. The van der Waals surface area contributed by atoms with E-state index in [0.717, 1.165) is 38.9 Å². The Kier molecular flexibility index (Phi) is 4.90. The van der Waals surface area contributed by atoms with Gasteiger partial charge >= 0.3 is 5.97 Å². The van der Waals surface area contributed by atoms with Crippen molar-refractivity contribution in [1.29, 1.82) is 0 Å². The van der Waals surface area contributed by atoms with Gasteiger partial charge in [-0.2, -0.15) is 0 Å².